The highest BCUT2D eigenvalue weighted by atomic mass is 32.1. The molecule has 1 spiro atoms. The van der Waals surface area contributed by atoms with Gasteiger partial charge in [-0.3, -0.25) is 9.59 Å². The van der Waals surface area contributed by atoms with E-state index in [1.54, 1.807) is 21.9 Å². The number of thiazole rings is 1. The Bertz CT molecular complexity index is 761. The van der Waals surface area contributed by atoms with Crippen LogP contribution in [-0.2, 0) is 0 Å². The molecular weight excluding hydrogens is 312 g/mol. The molecule has 4 rings (SSSR count). The Morgan fingerprint density at radius 2 is 2.17 bits per heavy atom. The van der Waals surface area contributed by atoms with Gasteiger partial charge in [-0.05, 0) is 25.0 Å². The van der Waals surface area contributed by atoms with Gasteiger partial charge in [0.1, 0.15) is 11.4 Å². The van der Waals surface area contributed by atoms with Crippen LogP contribution in [0.15, 0.2) is 35.2 Å². The Labute approximate surface area is 137 Å². The second-order valence-electron chi connectivity index (χ2n) is 5.91. The minimum atomic E-state index is -0.602. The number of carbonyl (C=O) groups is 2. The van der Waals surface area contributed by atoms with Gasteiger partial charge in [-0.1, -0.05) is 12.1 Å². The average Bonchev–Trinajstić information content (AvgIpc) is 3.08. The first-order valence-corrected chi connectivity index (χ1v) is 8.48. The number of anilines is 1. The summed E-state index contributed by atoms with van der Waals surface area (Å²) in [7, 11) is 0. The third-order valence-electron chi connectivity index (χ3n) is 4.33. The van der Waals surface area contributed by atoms with E-state index in [9.17, 15) is 9.59 Å². The fourth-order valence-corrected chi connectivity index (χ4v) is 3.80. The third-order valence-corrected chi connectivity index (χ3v) is 4.92. The Morgan fingerprint density at radius 1 is 1.30 bits per heavy atom. The maximum absolute atomic E-state index is 12.5. The van der Waals surface area contributed by atoms with E-state index >= 15 is 0 Å². The van der Waals surface area contributed by atoms with Gasteiger partial charge in [-0.25, -0.2) is 4.98 Å². The summed E-state index contributed by atoms with van der Waals surface area (Å²) < 4.78 is 0. The van der Waals surface area contributed by atoms with Gasteiger partial charge in [-0.15, -0.1) is 11.3 Å². The molecule has 7 heteroatoms. The summed E-state index contributed by atoms with van der Waals surface area (Å²) >= 11 is 1.41. The second-order valence-corrected chi connectivity index (χ2v) is 6.63. The van der Waals surface area contributed by atoms with Gasteiger partial charge in [0.15, 0.2) is 0 Å². The van der Waals surface area contributed by atoms with E-state index in [2.05, 4.69) is 15.6 Å². The van der Waals surface area contributed by atoms with Crippen molar-refractivity contribution in [2.45, 2.75) is 18.5 Å². The lowest BCUT2D eigenvalue weighted by molar-refractivity contribution is 0.0588. The second kappa shape index (κ2) is 5.34. The fourth-order valence-electron chi connectivity index (χ4n) is 3.28. The van der Waals surface area contributed by atoms with Gasteiger partial charge in [0.2, 0.25) is 0 Å². The third kappa shape index (κ3) is 2.46. The molecule has 0 bridgehead atoms. The molecule has 2 amide bonds. The van der Waals surface area contributed by atoms with E-state index in [-0.39, 0.29) is 11.8 Å². The molecule has 0 unspecified atom stereocenters. The van der Waals surface area contributed by atoms with Gasteiger partial charge >= 0.3 is 0 Å². The highest BCUT2D eigenvalue weighted by molar-refractivity contribution is 7.07. The number of nitrogens with one attached hydrogen (secondary N) is 2. The summed E-state index contributed by atoms with van der Waals surface area (Å²) in [6.07, 6.45) is 1.61. The van der Waals surface area contributed by atoms with E-state index in [1.807, 2.05) is 18.2 Å². The summed E-state index contributed by atoms with van der Waals surface area (Å²) in [6, 6.07) is 7.44. The van der Waals surface area contributed by atoms with Crippen LogP contribution in [-0.4, -0.2) is 40.5 Å². The number of nitrogens with zero attached hydrogens (tertiary/aromatic N) is 2. The lowest BCUT2D eigenvalue weighted by Crippen LogP contribution is -2.66. The number of fused-ring (bicyclic) bond motifs is 1. The maximum atomic E-state index is 12.5. The summed E-state index contributed by atoms with van der Waals surface area (Å²) in [4.78, 5) is 30.8. The zero-order chi connectivity index (χ0) is 15.9. The number of benzene rings is 1. The highest BCUT2D eigenvalue weighted by Gasteiger charge is 2.42. The van der Waals surface area contributed by atoms with Crippen LogP contribution in [0.25, 0.3) is 0 Å². The molecule has 2 aliphatic heterocycles. The monoisotopic (exact) mass is 328 g/mol. The van der Waals surface area contributed by atoms with Crippen LogP contribution < -0.4 is 10.6 Å². The van der Waals surface area contributed by atoms with Crippen LogP contribution >= 0.6 is 11.3 Å². The Morgan fingerprint density at radius 3 is 3.00 bits per heavy atom. The summed E-state index contributed by atoms with van der Waals surface area (Å²) in [5.74, 6) is -0.178. The molecule has 1 saturated heterocycles. The van der Waals surface area contributed by atoms with Crippen molar-refractivity contribution in [3.8, 4) is 0 Å². The Kier molecular flexibility index (Phi) is 3.30. The van der Waals surface area contributed by atoms with Gasteiger partial charge in [0, 0.05) is 17.6 Å². The highest BCUT2D eigenvalue weighted by Crippen LogP contribution is 2.30. The Hall–Kier alpha value is -2.41. The molecule has 1 atom stereocenters. The first-order chi connectivity index (χ1) is 11.2. The zero-order valence-electron chi connectivity index (χ0n) is 12.4. The van der Waals surface area contributed by atoms with Crippen LogP contribution in [0, 0.1) is 0 Å². The lowest BCUT2D eigenvalue weighted by Gasteiger charge is -2.46. The van der Waals surface area contributed by atoms with Crippen molar-refractivity contribution in [3.05, 3.63) is 46.4 Å². The number of piperidine rings is 1. The number of aromatic nitrogens is 1. The molecule has 0 radical (unpaired) electrons. The van der Waals surface area contributed by atoms with E-state index in [4.69, 9.17) is 0 Å². The number of hydrogen-bond donors (Lipinski definition) is 2. The smallest absolute Gasteiger partial charge is 0.273 e. The predicted molar refractivity (Wildman–Crippen MR) is 87.5 cm³/mol. The van der Waals surface area contributed by atoms with E-state index in [0.717, 1.165) is 18.5 Å². The molecular formula is C16H16N4O2S. The average molecular weight is 328 g/mol. The first kappa shape index (κ1) is 14.2. The van der Waals surface area contributed by atoms with E-state index in [0.29, 0.717) is 24.3 Å². The van der Waals surface area contributed by atoms with Gasteiger partial charge in [0.25, 0.3) is 11.8 Å². The van der Waals surface area contributed by atoms with Crippen molar-refractivity contribution in [2.75, 3.05) is 18.4 Å². The molecule has 3 heterocycles. The summed E-state index contributed by atoms with van der Waals surface area (Å²) in [6.45, 7) is 1.11. The Balaban J connectivity index is 1.60. The quantitative estimate of drug-likeness (QED) is 0.839. The lowest BCUT2D eigenvalue weighted by atomic mass is 9.93. The van der Waals surface area contributed by atoms with Crippen LogP contribution in [0.5, 0.6) is 0 Å². The predicted octanol–water partition coefficient (Wildman–Crippen LogP) is 1.93. The molecule has 0 aliphatic carbocycles. The molecule has 1 fully saturated rings. The van der Waals surface area contributed by atoms with Gasteiger partial charge in [-0.2, -0.15) is 0 Å². The molecule has 2 aromatic rings. The molecule has 23 heavy (non-hydrogen) atoms. The molecule has 6 nitrogen and oxygen atoms in total. The van der Waals surface area contributed by atoms with Crippen LogP contribution in [0.4, 0.5) is 5.69 Å². The van der Waals surface area contributed by atoms with Crippen molar-refractivity contribution in [2.24, 2.45) is 0 Å². The topological polar surface area (TPSA) is 74.3 Å². The molecule has 1 aromatic carbocycles. The SMILES string of the molecule is O=C1N[C@@]2(CCCN(C(=O)c3cscn3)C2)Nc2ccccc21. The molecule has 1 aromatic heterocycles. The minimum Gasteiger partial charge on any atom is -0.361 e. The largest absolute Gasteiger partial charge is 0.361 e. The number of rotatable bonds is 1. The number of amides is 2. The van der Waals surface area contributed by atoms with Crippen molar-refractivity contribution in [1.82, 2.24) is 15.2 Å². The molecule has 2 aliphatic rings. The minimum absolute atomic E-state index is 0.0831. The van der Waals surface area contributed by atoms with E-state index in [1.165, 1.54) is 11.3 Å². The molecule has 0 saturated carbocycles. The van der Waals surface area contributed by atoms with Crippen molar-refractivity contribution < 1.29 is 9.59 Å². The van der Waals surface area contributed by atoms with Gasteiger partial charge in [0.05, 0.1) is 17.6 Å². The maximum Gasteiger partial charge on any atom is 0.273 e. The number of hydrogen-bond acceptors (Lipinski definition) is 5. The van der Waals surface area contributed by atoms with Gasteiger partial charge < -0.3 is 15.5 Å². The fraction of sp³-hybridized carbons (Fsp3) is 0.312. The number of carbonyl (C=O) groups excluding carboxylic acids is 2. The first-order valence-electron chi connectivity index (χ1n) is 7.54. The summed E-state index contributed by atoms with van der Waals surface area (Å²) in [5.41, 5.74) is 2.98. The van der Waals surface area contributed by atoms with Crippen LogP contribution in [0.2, 0.25) is 0 Å². The normalized spacial score (nSPS) is 23.1. The van der Waals surface area contributed by atoms with Crippen molar-refractivity contribution >= 4 is 28.8 Å². The van der Waals surface area contributed by atoms with Crippen LogP contribution in [0.1, 0.15) is 33.7 Å². The number of likely N-dealkylation sites (tertiary alicyclic amines) is 1. The van der Waals surface area contributed by atoms with Crippen molar-refractivity contribution in [3.63, 3.8) is 0 Å². The molecule has 2 N–H and O–H groups in total. The molecule has 118 valence electrons. The number of para-hydroxylation sites is 1. The van der Waals surface area contributed by atoms with Crippen molar-refractivity contribution in [1.29, 1.82) is 0 Å². The standard InChI is InChI=1S/C16H16N4O2S/c21-14-11-4-1-2-5-12(11)18-16(19-14)6-3-7-20(9-16)15(22)13-8-23-10-17-13/h1-2,4-5,8,10,18H,3,6-7,9H2,(H,19,21)/t16-/m1/s1. The van der Waals surface area contributed by atoms with E-state index < -0.39 is 5.66 Å². The zero-order valence-corrected chi connectivity index (χ0v) is 13.2. The summed E-state index contributed by atoms with van der Waals surface area (Å²) in [5, 5.41) is 8.24. The van der Waals surface area contributed by atoms with Crippen LogP contribution in [0.3, 0.4) is 0 Å².